The molecule has 2 fully saturated rings. The zero-order chi connectivity index (χ0) is 19.9. The SMILES string of the molecule is C[C@H](C(=O)Nc1ccccc1F)N1CCN(CC(=O)N2CCCCCC2)CC1. The van der Waals surface area contributed by atoms with Crippen LogP contribution in [0, 0.1) is 5.82 Å². The Hall–Kier alpha value is -1.99. The molecule has 2 saturated heterocycles. The number of para-hydroxylation sites is 1. The van der Waals surface area contributed by atoms with Gasteiger partial charge in [-0.3, -0.25) is 19.4 Å². The number of amides is 2. The number of halogens is 1. The molecule has 0 radical (unpaired) electrons. The van der Waals surface area contributed by atoms with Gasteiger partial charge in [-0.25, -0.2) is 4.39 Å². The molecule has 0 aliphatic carbocycles. The summed E-state index contributed by atoms with van der Waals surface area (Å²) in [6.45, 7) is 7.03. The van der Waals surface area contributed by atoms with Gasteiger partial charge in [0.15, 0.2) is 0 Å². The van der Waals surface area contributed by atoms with Gasteiger partial charge < -0.3 is 10.2 Å². The molecule has 0 unspecified atom stereocenters. The lowest BCUT2D eigenvalue weighted by atomic mass is 10.2. The number of anilines is 1. The highest BCUT2D eigenvalue weighted by atomic mass is 19.1. The first-order valence-corrected chi connectivity index (χ1v) is 10.3. The molecule has 1 N–H and O–H groups in total. The van der Waals surface area contributed by atoms with Gasteiger partial charge in [0.1, 0.15) is 5.82 Å². The van der Waals surface area contributed by atoms with E-state index in [-0.39, 0.29) is 23.5 Å². The molecule has 7 heteroatoms. The lowest BCUT2D eigenvalue weighted by Gasteiger charge is -2.37. The normalized spacial score (nSPS) is 20.4. The molecule has 0 saturated carbocycles. The van der Waals surface area contributed by atoms with Crippen LogP contribution in [0.2, 0.25) is 0 Å². The van der Waals surface area contributed by atoms with E-state index < -0.39 is 5.82 Å². The molecule has 0 spiro atoms. The van der Waals surface area contributed by atoms with E-state index in [2.05, 4.69) is 15.1 Å². The Morgan fingerprint density at radius 1 is 1.00 bits per heavy atom. The van der Waals surface area contributed by atoms with Crippen LogP contribution in [0.4, 0.5) is 10.1 Å². The fourth-order valence-corrected chi connectivity index (χ4v) is 3.89. The van der Waals surface area contributed by atoms with Crippen LogP contribution in [0.3, 0.4) is 0 Å². The van der Waals surface area contributed by atoms with Gasteiger partial charge in [-0.15, -0.1) is 0 Å². The van der Waals surface area contributed by atoms with Gasteiger partial charge in [-0.05, 0) is 31.9 Å². The number of likely N-dealkylation sites (tertiary alicyclic amines) is 1. The predicted molar refractivity (Wildman–Crippen MR) is 108 cm³/mol. The molecule has 2 amide bonds. The average molecular weight is 391 g/mol. The summed E-state index contributed by atoms with van der Waals surface area (Å²) in [5.74, 6) is -0.417. The standard InChI is InChI=1S/C21H31FN4O2/c1-17(21(28)23-19-9-5-4-8-18(19)22)25-14-12-24(13-15-25)16-20(27)26-10-6-2-3-7-11-26/h4-5,8-9,17H,2-3,6-7,10-16H2,1H3,(H,23,28)/t17-/m1/s1. The average Bonchev–Trinajstić information content (AvgIpc) is 2.99. The molecule has 0 bridgehead atoms. The van der Waals surface area contributed by atoms with Gasteiger partial charge in [0.25, 0.3) is 0 Å². The van der Waals surface area contributed by atoms with Crippen LogP contribution in [0.15, 0.2) is 24.3 Å². The van der Waals surface area contributed by atoms with Crippen LogP contribution in [-0.4, -0.2) is 78.4 Å². The second-order valence-electron chi connectivity index (χ2n) is 7.75. The number of nitrogens with zero attached hydrogens (tertiary/aromatic N) is 3. The van der Waals surface area contributed by atoms with Gasteiger partial charge in [0.2, 0.25) is 11.8 Å². The third-order valence-electron chi connectivity index (χ3n) is 5.78. The quantitative estimate of drug-likeness (QED) is 0.837. The fraction of sp³-hybridized carbons (Fsp3) is 0.619. The molecule has 2 aliphatic heterocycles. The smallest absolute Gasteiger partial charge is 0.241 e. The molecule has 1 aromatic carbocycles. The number of rotatable bonds is 5. The van der Waals surface area contributed by atoms with E-state index >= 15 is 0 Å². The molecule has 6 nitrogen and oxygen atoms in total. The van der Waals surface area contributed by atoms with Crippen LogP contribution >= 0.6 is 0 Å². The Morgan fingerprint density at radius 3 is 2.29 bits per heavy atom. The van der Waals surface area contributed by atoms with Crippen molar-refractivity contribution in [3.05, 3.63) is 30.1 Å². The summed E-state index contributed by atoms with van der Waals surface area (Å²) < 4.78 is 13.7. The largest absolute Gasteiger partial charge is 0.342 e. The Balaban J connectivity index is 1.44. The predicted octanol–water partition coefficient (Wildman–Crippen LogP) is 2.17. The summed E-state index contributed by atoms with van der Waals surface area (Å²) in [6.07, 6.45) is 4.65. The zero-order valence-electron chi connectivity index (χ0n) is 16.7. The van der Waals surface area contributed by atoms with Crippen LogP contribution in [0.25, 0.3) is 0 Å². The molecule has 2 aliphatic rings. The number of carbonyl (C=O) groups is 2. The van der Waals surface area contributed by atoms with Crippen molar-refractivity contribution in [2.45, 2.75) is 38.6 Å². The minimum Gasteiger partial charge on any atom is -0.342 e. The van der Waals surface area contributed by atoms with Crippen LogP contribution in [0.5, 0.6) is 0 Å². The van der Waals surface area contributed by atoms with Crippen LogP contribution < -0.4 is 5.32 Å². The molecule has 2 heterocycles. The van der Waals surface area contributed by atoms with Gasteiger partial charge >= 0.3 is 0 Å². The molecule has 154 valence electrons. The summed E-state index contributed by atoms with van der Waals surface area (Å²) >= 11 is 0. The summed E-state index contributed by atoms with van der Waals surface area (Å²) in [6, 6.07) is 5.85. The van der Waals surface area contributed by atoms with Crippen molar-refractivity contribution in [1.29, 1.82) is 0 Å². The maximum atomic E-state index is 13.7. The fourth-order valence-electron chi connectivity index (χ4n) is 3.89. The second-order valence-corrected chi connectivity index (χ2v) is 7.75. The number of carbonyl (C=O) groups excluding carboxylic acids is 2. The number of nitrogens with one attached hydrogen (secondary N) is 1. The third kappa shape index (κ3) is 5.52. The Labute approximate surface area is 166 Å². The molecule has 3 rings (SSSR count). The molecule has 1 atom stereocenters. The summed E-state index contributed by atoms with van der Waals surface area (Å²) in [5, 5.41) is 2.67. The van der Waals surface area contributed by atoms with Crippen molar-refractivity contribution < 1.29 is 14.0 Å². The molecule has 28 heavy (non-hydrogen) atoms. The highest BCUT2D eigenvalue weighted by Gasteiger charge is 2.27. The number of hydrogen-bond donors (Lipinski definition) is 1. The number of hydrogen-bond acceptors (Lipinski definition) is 4. The van der Waals surface area contributed by atoms with E-state index in [0.29, 0.717) is 6.54 Å². The first-order valence-electron chi connectivity index (χ1n) is 10.3. The van der Waals surface area contributed by atoms with Gasteiger partial charge in [0, 0.05) is 39.3 Å². The van der Waals surface area contributed by atoms with Gasteiger partial charge in [0.05, 0.1) is 18.3 Å². The Bertz CT molecular complexity index is 668. The van der Waals surface area contributed by atoms with Crippen molar-refractivity contribution in [1.82, 2.24) is 14.7 Å². The minimum atomic E-state index is -0.431. The van der Waals surface area contributed by atoms with Crippen molar-refractivity contribution in [3.8, 4) is 0 Å². The van der Waals surface area contributed by atoms with Gasteiger partial charge in [-0.2, -0.15) is 0 Å². The summed E-state index contributed by atoms with van der Waals surface area (Å²) in [5.41, 5.74) is 0.209. The van der Waals surface area contributed by atoms with Crippen molar-refractivity contribution in [3.63, 3.8) is 0 Å². The first-order chi connectivity index (χ1) is 13.5. The first kappa shape index (κ1) is 20.7. The van der Waals surface area contributed by atoms with Crippen molar-refractivity contribution in [2.24, 2.45) is 0 Å². The van der Waals surface area contributed by atoms with Crippen molar-refractivity contribution >= 4 is 17.5 Å². The number of benzene rings is 1. The van der Waals surface area contributed by atoms with E-state index in [9.17, 15) is 14.0 Å². The van der Waals surface area contributed by atoms with E-state index in [4.69, 9.17) is 0 Å². The Morgan fingerprint density at radius 2 is 1.64 bits per heavy atom. The minimum absolute atomic E-state index is 0.209. The summed E-state index contributed by atoms with van der Waals surface area (Å²) in [7, 11) is 0. The summed E-state index contributed by atoms with van der Waals surface area (Å²) in [4.78, 5) is 31.3. The second kappa shape index (κ2) is 9.98. The highest BCUT2D eigenvalue weighted by molar-refractivity contribution is 5.94. The van der Waals surface area contributed by atoms with Crippen LogP contribution in [0.1, 0.15) is 32.6 Å². The van der Waals surface area contributed by atoms with E-state index in [0.717, 1.165) is 52.1 Å². The third-order valence-corrected chi connectivity index (χ3v) is 5.78. The Kier molecular flexibility index (Phi) is 7.39. The molecule has 1 aromatic rings. The maximum absolute atomic E-state index is 13.7. The van der Waals surface area contributed by atoms with Crippen LogP contribution in [-0.2, 0) is 9.59 Å². The number of piperazine rings is 1. The molecular formula is C21H31FN4O2. The topological polar surface area (TPSA) is 55.9 Å². The van der Waals surface area contributed by atoms with Gasteiger partial charge in [-0.1, -0.05) is 25.0 Å². The van der Waals surface area contributed by atoms with E-state index in [1.807, 2.05) is 11.8 Å². The zero-order valence-corrected chi connectivity index (χ0v) is 16.7. The molecule has 0 aromatic heterocycles. The van der Waals surface area contributed by atoms with E-state index in [1.165, 1.54) is 18.9 Å². The maximum Gasteiger partial charge on any atom is 0.241 e. The van der Waals surface area contributed by atoms with E-state index in [1.54, 1.807) is 18.2 Å². The molecular weight excluding hydrogens is 359 g/mol. The highest BCUT2D eigenvalue weighted by Crippen LogP contribution is 2.15. The lowest BCUT2D eigenvalue weighted by molar-refractivity contribution is -0.133. The van der Waals surface area contributed by atoms with Crippen molar-refractivity contribution in [2.75, 3.05) is 51.1 Å². The lowest BCUT2D eigenvalue weighted by Crippen LogP contribution is -2.54. The monoisotopic (exact) mass is 390 g/mol.